The molecule has 1 fully saturated rings. The minimum absolute atomic E-state index is 0.0922. The zero-order chi connectivity index (χ0) is 23.6. The van der Waals surface area contributed by atoms with E-state index >= 15 is 0 Å². The van der Waals surface area contributed by atoms with Crippen molar-refractivity contribution in [1.82, 2.24) is 4.90 Å². The average Bonchev–Trinajstić information content (AvgIpc) is 2.86. The molecule has 2 aromatic rings. The Morgan fingerprint density at radius 3 is 2.45 bits per heavy atom. The average molecular weight is 444 g/mol. The Kier molecular flexibility index (Phi) is 8.31. The van der Waals surface area contributed by atoms with E-state index in [9.17, 15) is 10.1 Å². The van der Waals surface area contributed by atoms with Crippen molar-refractivity contribution in [1.29, 1.82) is 5.26 Å². The molecule has 0 aromatic heterocycles. The van der Waals surface area contributed by atoms with Gasteiger partial charge >= 0.3 is 0 Å². The Morgan fingerprint density at radius 2 is 1.85 bits per heavy atom. The maximum atomic E-state index is 13.1. The van der Waals surface area contributed by atoms with Crippen molar-refractivity contribution >= 4 is 17.7 Å². The number of amides is 1. The quantitative estimate of drug-likeness (QED) is 0.329. The number of ether oxygens (including phenoxy) is 2. The van der Waals surface area contributed by atoms with Crippen molar-refractivity contribution in [2.45, 2.75) is 6.42 Å². The predicted octanol–water partition coefficient (Wildman–Crippen LogP) is 4.24. The van der Waals surface area contributed by atoms with Crippen molar-refractivity contribution in [2.24, 2.45) is 0 Å². The first-order chi connectivity index (χ1) is 16.1. The van der Waals surface area contributed by atoms with Gasteiger partial charge in [-0.2, -0.15) is 5.26 Å². The van der Waals surface area contributed by atoms with Crippen LogP contribution >= 0.6 is 0 Å². The number of hydrogen-bond acceptors (Lipinski definition) is 5. The van der Waals surface area contributed by atoms with Gasteiger partial charge in [0.15, 0.2) is 11.5 Å². The summed E-state index contributed by atoms with van der Waals surface area (Å²) in [4.78, 5) is 17.1. The third-order valence-electron chi connectivity index (χ3n) is 5.43. The number of anilines is 1. The van der Waals surface area contributed by atoms with Gasteiger partial charge in [0.25, 0.3) is 5.91 Å². The monoisotopic (exact) mass is 443 g/mol. The molecule has 0 spiro atoms. The molecule has 0 radical (unpaired) electrons. The second-order valence-corrected chi connectivity index (χ2v) is 7.59. The zero-order valence-electron chi connectivity index (χ0n) is 19.0. The fourth-order valence-corrected chi connectivity index (χ4v) is 3.82. The first kappa shape index (κ1) is 23.7. The Balaban J connectivity index is 1.80. The van der Waals surface area contributed by atoms with E-state index in [4.69, 9.17) is 9.47 Å². The zero-order valence-corrected chi connectivity index (χ0v) is 19.0. The minimum Gasteiger partial charge on any atom is -0.493 e. The molecule has 6 nitrogen and oxygen atoms in total. The molecule has 0 unspecified atom stereocenters. The molecule has 1 aliphatic rings. The van der Waals surface area contributed by atoms with Gasteiger partial charge in [0.2, 0.25) is 0 Å². The van der Waals surface area contributed by atoms with Crippen LogP contribution < -0.4 is 14.4 Å². The molecular formula is C27H29N3O3. The summed E-state index contributed by atoms with van der Waals surface area (Å²) in [6.45, 7) is 10.4. The Bertz CT molecular complexity index is 1060. The smallest absolute Gasteiger partial charge is 0.264 e. The summed E-state index contributed by atoms with van der Waals surface area (Å²) in [6, 6.07) is 15.9. The number of carbonyl (C=O) groups is 1. The summed E-state index contributed by atoms with van der Waals surface area (Å²) in [5.41, 5.74) is 2.79. The molecule has 1 saturated heterocycles. The van der Waals surface area contributed by atoms with Gasteiger partial charge in [0, 0.05) is 37.4 Å². The Labute approximate surface area is 195 Å². The van der Waals surface area contributed by atoms with Gasteiger partial charge in [0.1, 0.15) is 18.2 Å². The molecule has 170 valence electrons. The number of nitrogens with zero attached hydrogens (tertiary/aromatic N) is 3. The van der Waals surface area contributed by atoms with Crippen LogP contribution in [0.5, 0.6) is 11.5 Å². The highest BCUT2D eigenvalue weighted by Gasteiger charge is 2.24. The molecule has 0 saturated carbocycles. The lowest BCUT2D eigenvalue weighted by Crippen LogP contribution is -2.49. The molecule has 33 heavy (non-hydrogen) atoms. The Morgan fingerprint density at radius 1 is 1.12 bits per heavy atom. The molecule has 3 rings (SSSR count). The first-order valence-electron chi connectivity index (χ1n) is 10.9. The number of methoxy groups -OCH3 is 1. The lowest BCUT2D eigenvalue weighted by molar-refractivity contribution is -0.126. The summed E-state index contributed by atoms with van der Waals surface area (Å²) in [5, 5.41) is 9.73. The van der Waals surface area contributed by atoms with E-state index < -0.39 is 0 Å². The van der Waals surface area contributed by atoms with Crippen molar-refractivity contribution < 1.29 is 14.3 Å². The molecule has 1 amide bonds. The van der Waals surface area contributed by atoms with Crippen LogP contribution in [-0.4, -0.2) is 50.7 Å². The van der Waals surface area contributed by atoms with Crippen LogP contribution in [0.3, 0.4) is 0 Å². The number of allylic oxidation sites excluding steroid dienone is 1. The van der Waals surface area contributed by atoms with Crippen molar-refractivity contribution in [2.75, 3.05) is 44.8 Å². The van der Waals surface area contributed by atoms with E-state index in [-0.39, 0.29) is 11.5 Å². The fraction of sp³-hybridized carbons (Fsp3) is 0.259. The molecule has 6 heteroatoms. The van der Waals surface area contributed by atoms with Gasteiger partial charge in [-0.1, -0.05) is 36.9 Å². The number of hydrogen-bond donors (Lipinski definition) is 0. The third kappa shape index (κ3) is 5.83. The summed E-state index contributed by atoms with van der Waals surface area (Å²) in [7, 11) is 1.56. The normalized spacial score (nSPS) is 13.8. The van der Waals surface area contributed by atoms with Crippen LogP contribution in [0.1, 0.15) is 11.1 Å². The predicted molar refractivity (Wildman–Crippen MR) is 131 cm³/mol. The number of piperazine rings is 1. The molecule has 0 N–H and O–H groups in total. The van der Waals surface area contributed by atoms with Crippen LogP contribution in [-0.2, 0) is 11.2 Å². The number of carbonyl (C=O) groups excluding carboxylic acids is 1. The molecule has 0 atom stereocenters. The molecule has 2 aromatic carbocycles. The number of rotatable bonds is 9. The second-order valence-electron chi connectivity index (χ2n) is 7.59. The van der Waals surface area contributed by atoms with Crippen LogP contribution in [0.25, 0.3) is 6.08 Å². The summed E-state index contributed by atoms with van der Waals surface area (Å²) in [6.07, 6.45) is 5.60. The van der Waals surface area contributed by atoms with Crippen molar-refractivity contribution in [3.05, 3.63) is 84.5 Å². The fourth-order valence-electron chi connectivity index (χ4n) is 3.82. The topological polar surface area (TPSA) is 65.8 Å². The second kappa shape index (κ2) is 11.6. The van der Waals surface area contributed by atoms with Crippen LogP contribution in [0.4, 0.5) is 5.69 Å². The molecule has 0 aliphatic carbocycles. The number of nitriles is 1. The minimum atomic E-state index is -0.263. The van der Waals surface area contributed by atoms with E-state index in [0.29, 0.717) is 43.2 Å². The lowest BCUT2D eigenvalue weighted by Gasteiger charge is -2.36. The molecular weight excluding hydrogens is 414 g/mol. The molecule has 1 aliphatic heterocycles. The van der Waals surface area contributed by atoms with E-state index in [1.807, 2.05) is 24.3 Å². The maximum absolute atomic E-state index is 13.1. The van der Waals surface area contributed by atoms with Crippen molar-refractivity contribution in [3.8, 4) is 17.6 Å². The Hall–Kier alpha value is -3.98. The van der Waals surface area contributed by atoms with Gasteiger partial charge in [-0.05, 0) is 42.3 Å². The first-order valence-corrected chi connectivity index (χ1v) is 10.9. The van der Waals surface area contributed by atoms with Gasteiger partial charge in [0.05, 0.1) is 7.11 Å². The largest absolute Gasteiger partial charge is 0.493 e. The maximum Gasteiger partial charge on any atom is 0.264 e. The summed E-state index contributed by atoms with van der Waals surface area (Å²) in [5.74, 6) is 0.876. The third-order valence-corrected chi connectivity index (χ3v) is 5.43. The highest BCUT2D eigenvalue weighted by Crippen LogP contribution is 2.34. The van der Waals surface area contributed by atoms with E-state index in [1.54, 1.807) is 36.3 Å². The van der Waals surface area contributed by atoms with Gasteiger partial charge < -0.3 is 19.3 Å². The van der Waals surface area contributed by atoms with Crippen LogP contribution in [0.15, 0.2) is 73.3 Å². The highest BCUT2D eigenvalue weighted by molar-refractivity contribution is 6.02. The van der Waals surface area contributed by atoms with E-state index in [0.717, 1.165) is 24.3 Å². The molecule has 1 heterocycles. The number of para-hydroxylation sites is 1. The lowest BCUT2D eigenvalue weighted by atomic mass is 10.0. The van der Waals surface area contributed by atoms with Crippen LogP contribution in [0.2, 0.25) is 0 Å². The highest BCUT2D eigenvalue weighted by atomic mass is 16.5. The van der Waals surface area contributed by atoms with Gasteiger partial charge in [-0.3, -0.25) is 4.79 Å². The van der Waals surface area contributed by atoms with Gasteiger partial charge in [-0.25, -0.2) is 0 Å². The SMILES string of the molecule is C=CCOc1c(CC=C)cc(/C=C(/C#N)C(=O)N2CCN(c3ccccc3)CC2)cc1OC. The van der Waals surface area contributed by atoms with E-state index in [1.165, 1.54) is 0 Å². The van der Waals surface area contributed by atoms with Crippen LogP contribution in [0, 0.1) is 11.3 Å². The van der Waals surface area contributed by atoms with Crippen molar-refractivity contribution in [3.63, 3.8) is 0 Å². The molecule has 0 bridgehead atoms. The van der Waals surface area contributed by atoms with Gasteiger partial charge in [-0.15, -0.1) is 6.58 Å². The summed E-state index contributed by atoms with van der Waals surface area (Å²) >= 11 is 0. The summed E-state index contributed by atoms with van der Waals surface area (Å²) < 4.78 is 11.3. The number of benzene rings is 2. The van der Waals surface area contributed by atoms with E-state index in [2.05, 4.69) is 36.3 Å². The standard InChI is InChI=1S/C27H29N3O3/c1-4-9-22-17-21(19-25(32-3)26(22)33-16-5-2)18-23(20-28)27(31)30-14-12-29(13-15-30)24-10-7-6-8-11-24/h4-8,10-11,17-19H,1-2,9,12-16H2,3H3/b23-18-.